The number of nitrogens with zero attached hydrogens (tertiary/aromatic N) is 3. The number of aliphatic imine (C=N–C) groups is 1. The maximum absolute atomic E-state index is 14.5. The summed E-state index contributed by atoms with van der Waals surface area (Å²) < 4.78 is 16.2. The van der Waals surface area contributed by atoms with Crippen LogP contribution >= 0.6 is 35.6 Å². The maximum Gasteiger partial charge on any atom is 0.191 e. The van der Waals surface area contributed by atoms with Crippen molar-refractivity contribution in [2.45, 2.75) is 20.0 Å². The Balaban J connectivity index is 0.00000280. The molecule has 8 heteroatoms. The predicted molar refractivity (Wildman–Crippen MR) is 122 cm³/mol. The first-order valence-electron chi connectivity index (χ1n) is 8.54. The largest absolute Gasteiger partial charge is 0.352 e. The molecule has 0 saturated heterocycles. The lowest BCUT2D eigenvalue weighted by molar-refractivity contribution is 0.613. The van der Waals surface area contributed by atoms with Crippen molar-refractivity contribution in [2.75, 3.05) is 7.05 Å². The predicted octanol–water partition coefficient (Wildman–Crippen LogP) is 4.46. The second kappa shape index (κ2) is 10.4. The van der Waals surface area contributed by atoms with E-state index in [1.165, 1.54) is 6.07 Å². The first kappa shape index (κ1) is 22.2. The molecule has 0 saturated carbocycles. The number of hydrogen-bond donors (Lipinski definition) is 2. The van der Waals surface area contributed by atoms with Crippen LogP contribution in [0.15, 0.2) is 59.9 Å². The van der Waals surface area contributed by atoms with Crippen molar-refractivity contribution >= 4 is 41.5 Å². The molecule has 0 aliphatic rings. The van der Waals surface area contributed by atoms with E-state index in [0.717, 1.165) is 17.0 Å². The van der Waals surface area contributed by atoms with Crippen molar-refractivity contribution in [2.24, 2.45) is 4.99 Å². The minimum atomic E-state index is -0.294. The van der Waals surface area contributed by atoms with Gasteiger partial charge in [0.05, 0.1) is 5.69 Å². The summed E-state index contributed by atoms with van der Waals surface area (Å²) in [6.45, 7) is 2.88. The maximum atomic E-state index is 14.5. The van der Waals surface area contributed by atoms with Crippen molar-refractivity contribution in [3.8, 4) is 5.69 Å². The normalized spacial score (nSPS) is 11.1. The van der Waals surface area contributed by atoms with Gasteiger partial charge < -0.3 is 15.2 Å². The third-order valence-electron chi connectivity index (χ3n) is 4.13. The van der Waals surface area contributed by atoms with E-state index in [2.05, 4.69) is 20.6 Å². The van der Waals surface area contributed by atoms with Crippen LogP contribution in [0, 0.1) is 12.7 Å². The molecule has 1 heterocycles. The molecule has 0 amide bonds. The lowest BCUT2D eigenvalue weighted by atomic mass is 10.2. The lowest BCUT2D eigenvalue weighted by Crippen LogP contribution is -2.36. The van der Waals surface area contributed by atoms with Crippen LogP contribution in [-0.2, 0) is 13.1 Å². The van der Waals surface area contributed by atoms with Crippen LogP contribution in [0.4, 0.5) is 4.39 Å². The van der Waals surface area contributed by atoms with E-state index >= 15 is 0 Å². The minimum Gasteiger partial charge on any atom is -0.352 e. The van der Waals surface area contributed by atoms with Gasteiger partial charge in [0.2, 0.25) is 0 Å². The highest BCUT2D eigenvalue weighted by Crippen LogP contribution is 2.16. The van der Waals surface area contributed by atoms with Crippen molar-refractivity contribution in [1.29, 1.82) is 0 Å². The van der Waals surface area contributed by atoms with Crippen LogP contribution in [0.5, 0.6) is 0 Å². The molecule has 0 bridgehead atoms. The molecule has 0 aliphatic carbocycles. The summed E-state index contributed by atoms with van der Waals surface area (Å²) in [6, 6.07) is 12.8. The molecule has 3 rings (SSSR count). The minimum absolute atomic E-state index is 0. The van der Waals surface area contributed by atoms with Gasteiger partial charge in [0, 0.05) is 37.6 Å². The molecule has 5 nitrogen and oxygen atoms in total. The molecule has 0 unspecified atom stereocenters. The fourth-order valence-corrected chi connectivity index (χ4v) is 2.94. The van der Waals surface area contributed by atoms with Crippen LogP contribution in [0.25, 0.3) is 5.69 Å². The van der Waals surface area contributed by atoms with E-state index in [9.17, 15) is 4.39 Å². The summed E-state index contributed by atoms with van der Waals surface area (Å²) in [5.41, 5.74) is 2.36. The quantitative estimate of drug-likeness (QED) is 0.301. The molecular formula is C20H22ClFIN5. The number of imidazole rings is 1. The van der Waals surface area contributed by atoms with Crippen LogP contribution in [0.2, 0.25) is 5.02 Å². The topological polar surface area (TPSA) is 54.2 Å². The Morgan fingerprint density at radius 2 is 1.86 bits per heavy atom. The Morgan fingerprint density at radius 3 is 2.43 bits per heavy atom. The molecule has 0 fully saturated rings. The van der Waals surface area contributed by atoms with Crippen LogP contribution in [-0.4, -0.2) is 22.6 Å². The number of nitrogens with one attached hydrogen (secondary N) is 2. The van der Waals surface area contributed by atoms with E-state index in [4.69, 9.17) is 11.6 Å². The third-order valence-corrected chi connectivity index (χ3v) is 4.37. The zero-order chi connectivity index (χ0) is 19.2. The summed E-state index contributed by atoms with van der Waals surface area (Å²) in [5, 5.41) is 7.09. The number of rotatable bonds is 5. The van der Waals surface area contributed by atoms with Crippen LogP contribution in [0.1, 0.15) is 17.0 Å². The molecule has 148 valence electrons. The third kappa shape index (κ3) is 5.68. The highest BCUT2D eigenvalue weighted by atomic mass is 127. The fraction of sp³-hybridized carbons (Fsp3) is 0.200. The number of hydrogen-bond acceptors (Lipinski definition) is 2. The Bertz CT molecular complexity index is 957. The van der Waals surface area contributed by atoms with Gasteiger partial charge in [-0.1, -0.05) is 29.8 Å². The van der Waals surface area contributed by atoms with Gasteiger partial charge in [-0.2, -0.15) is 0 Å². The molecule has 0 aliphatic heterocycles. The summed E-state index contributed by atoms with van der Waals surface area (Å²) in [6.07, 6.45) is 3.40. The molecular weight excluding hydrogens is 492 g/mol. The lowest BCUT2D eigenvalue weighted by Gasteiger charge is -2.13. The van der Waals surface area contributed by atoms with Crippen LogP contribution in [0.3, 0.4) is 0 Å². The zero-order valence-corrected chi connectivity index (χ0v) is 18.7. The molecule has 2 aromatic carbocycles. The molecule has 0 spiro atoms. The number of benzene rings is 2. The number of guanidine groups is 1. The Kier molecular flexibility index (Phi) is 8.25. The molecule has 28 heavy (non-hydrogen) atoms. The SMILES string of the molecule is CN=C(NCc1cccc(Cl)c1)NCc1ccc(-n2ccnc2C)c(F)c1.I. The number of halogens is 3. The second-order valence-electron chi connectivity index (χ2n) is 6.04. The van der Waals surface area contributed by atoms with Crippen molar-refractivity contribution < 1.29 is 4.39 Å². The summed E-state index contributed by atoms with van der Waals surface area (Å²) in [4.78, 5) is 8.32. The van der Waals surface area contributed by atoms with E-state index in [1.807, 2.05) is 37.3 Å². The highest BCUT2D eigenvalue weighted by molar-refractivity contribution is 14.0. The molecule has 0 atom stereocenters. The molecule has 1 aromatic heterocycles. The van der Waals surface area contributed by atoms with Gasteiger partial charge in [0.15, 0.2) is 5.96 Å². The van der Waals surface area contributed by atoms with Gasteiger partial charge in [-0.15, -0.1) is 24.0 Å². The number of aryl methyl sites for hydroxylation is 1. The zero-order valence-electron chi connectivity index (χ0n) is 15.6. The standard InChI is InChI=1S/C20H21ClFN5.HI/c1-14-24-8-9-27(14)19-7-6-16(11-18(19)22)13-26-20(23-2)25-12-15-4-3-5-17(21)10-15;/h3-11H,12-13H2,1-2H3,(H2,23,25,26);1H. The first-order chi connectivity index (χ1) is 13.1. The van der Waals surface area contributed by atoms with E-state index in [1.54, 1.807) is 30.1 Å². The van der Waals surface area contributed by atoms with E-state index in [-0.39, 0.29) is 29.8 Å². The van der Waals surface area contributed by atoms with Crippen molar-refractivity contribution in [3.63, 3.8) is 0 Å². The van der Waals surface area contributed by atoms with E-state index in [0.29, 0.717) is 29.8 Å². The number of aromatic nitrogens is 2. The van der Waals surface area contributed by atoms with Gasteiger partial charge in [0.25, 0.3) is 0 Å². The van der Waals surface area contributed by atoms with Gasteiger partial charge in [0.1, 0.15) is 11.6 Å². The van der Waals surface area contributed by atoms with Gasteiger partial charge in [-0.3, -0.25) is 4.99 Å². The first-order valence-corrected chi connectivity index (χ1v) is 8.92. The second-order valence-corrected chi connectivity index (χ2v) is 6.48. The highest BCUT2D eigenvalue weighted by Gasteiger charge is 2.08. The molecule has 0 radical (unpaired) electrons. The Hall–Kier alpha value is -2.13. The van der Waals surface area contributed by atoms with E-state index < -0.39 is 0 Å². The van der Waals surface area contributed by atoms with Gasteiger partial charge in [-0.05, 0) is 42.3 Å². The average molecular weight is 514 g/mol. The summed E-state index contributed by atoms with van der Waals surface area (Å²) in [5.74, 6) is 1.08. The Labute approximate surface area is 186 Å². The van der Waals surface area contributed by atoms with Gasteiger partial charge >= 0.3 is 0 Å². The van der Waals surface area contributed by atoms with Crippen molar-refractivity contribution in [3.05, 3.63) is 82.6 Å². The Morgan fingerprint density at radius 1 is 1.14 bits per heavy atom. The van der Waals surface area contributed by atoms with Gasteiger partial charge in [-0.25, -0.2) is 9.37 Å². The molecule has 2 N–H and O–H groups in total. The summed E-state index contributed by atoms with van der Waals surface area (Å²) in [7, 11) is 1.69. The smallest absolute Gasteiger partial charge is 0.191 e. The summed E-state index contributed by atoms with van der Waals surface area (Å²) >= 11 is 5.99. The van der Waals surface area contributed by atoms with Crippen molar-refractivity contribution in [1.82, 2.24) is 20.2 Å². The molecule has 3 aromatic rings. The monoisotopic (exact) mass is 513 g/mol. The van der Waals surface area contributed by atoms with Crippen LogP contribution < -0.4 is 10.6 Å². The average Bonchev–Trinajstić information content (AvgIpc) is 3.08. The fourth-order valence-electron chi connectivity index (χ4n) is 2.73.